The maximum absolute atomic E-state index is 11.4. The van der Waals surface area contributed by atoms with Gasteiger partial charge >= 0.3 is 5.76 Å². The third kappa shape index (κ3) is 1.72. The van der Waals surface area contributed by atoms with Crippen molar-refractivity contribution in [2.75, 3.05) is 0 Å². The maximum atomic E-state index is 11.4. The molecule has 19 heavy (non-hydrogen) atoms. The number of H-pyrrole nitrogens is 1. The monoisotopic (exact) mass is 254 g/mol. The van der Waals surface area contributed by atoms with Gasteiger partial charge in [0.15, 0.2) is 5.58 Å². The zero-order valence-corrected chi connectivity index (χ0v) is 10.1. The Hall–Kier alpha value is -2.81. The number of aryl methyl sites for hydroxylation is 1. The van der Waals surface area contributed by atoms with Crippen LogP contribution in [0.4, 0.5) is 0 Å². The van der Waals surface area contributed by atoms with Crippen LogP contribution < -0.4 is 5.76 Å². The average molecular weight is 254 g/mol. The van der Waals surface area contributed by atoms with Crippen molar-refractivity contribution in [3.63, 3.8) is 0 Å². The van der Waals surface area contributed by atoms with Gasteiger partial charge in [0.05, 0.1) is 11.6 Å². The van der Waals surface area contributed by atoms with E-state index in [0.29, 0.717) is 16.9 Å². The van der Waals surface area contributed by atoms with Crippen molar-refractivity contribution in [3.8, 4) is 6.07 Å². The van der Waals surface area contributed by atoms with E-state index in [4.69, 9.17) is 4.42 Å². The SMILES string of the molecule is Cn1c(=O)oc2ccc(C(C#N)c3ncc[nH]3)cc21. The number of benzene rings is 1. The van der Waals surface area contributed by atoms with Crippen LogP contribution >= 0.6 is 0 Å². The first-order valence-corrected chi connectivity index (χ1v) is 5.69. The van der Waals surface area contributed by atoms with Crippen LogP contribution in [-0.4, -0.2) is 14.5 Å². The minimum absolute atomic E-state index is 0.418. The topological polar surface area (TPSA) is 87.6 Å². The highest BCUT2D eigenvalue weighted by atomic mass is 16.4. The molecule has 6 heteroatoms. The molecule has 1 N–H and O–H groups in total. The van der Waals surface area contributed by atoms with E-state index in [-0.39, 0.29) is 0 Å². The molecule has 2 aromatic heterocycles. The van der Waals surface area contributed by atoms with Crippen LogP contribution in [-0.2, 0) is 7.05 Å². The fraction of sp³-hybridized carbons (Fsp3) is 0.154. The molecule has 3 rings (SSSR count). The molecule has 0 radical (unpaired) electrons. The van der Waals surface area contributed by atoms with E-state index >= 15 is 0 Å². The highest BCUT2D eigenvalue weighted by Crippen LogP contribution is 2.24. The van der Waals surface area contributed by atoms with E-state index in [0.717, 1.165) is 5.56 Å². The Morgan fingerprint density at radius 1 is 1.53 bits per heavy atom. The first kappa shape index (κ1) is 11.3. The minimum Gasteiger partial charge on any atom is -0.408 e. The first-order chi connectivity index (χ1) is 9.20. The molecule has 1 aromatic carbocycles. The highest BCUT2D eigenvalue weighted by Gasteiger charge is 2.17. The number of hydrogen-bond acceptors (Lipinski definition) is 4. The Kier molecular flexibility index (Phi) is 2.46. The summed E-state index contributed by atoms with van der Waals surface area (Å²) < 4.78 is 6.47. The Morgan fingerprint density at radius 3 is 3.05 bits per heavy atom. The molecule has 0 saturated heterocycles. The van der Waals surface area contributed by atoms with E-state index in [2.05, 4.69) is 16.0 Å². The first-order valence-electron chi connectivity index (χ1n) is 5.69. The van der Waals surface area contributed by atoms with E-state index < -0.39 is 11.7 Å². The number of rotatable bonds is 2. The second-order valence-electron chi connectivity index (χ2n) is 4.19. The number of aromatic nitrogens is 3. The lowest BCUT2D eigenvalue weighted by atomic mass is 9.99. The summed E-state index contributed by atoms with van der Waals surface area (Å²) in [7, 11) is 1.63. The Balaban J connectivity index is 2.18. The molecule has 0 spiro atoms. The predicted octanol–water partition coefficient (Wildman–Crippen LogP) is 1.51. The van der Waals surface area contributed by atoms with Crippen molar-refractivity contribution < 1.29 is 4.42 Å². The predicted molar refractivity (Wildman–Crippen MR) is 67.5 cm³/mol. The van der Waals surface area contributed by atoms with Crippen LogP contribution in [0.5, 0.6) is 0 Å². The summed E-state index contributed by atoms with van der Waals surface area (Å²) in [4.78, 5) is 18.5. The van der Waals surface area contributed by atoms with Crippen LogP contribution in [0.2, 0.25) is 0 Å². The summed E-state index contributed by atoms with van der Waals surface area (Å²) in [5.74, 6) is -0.335. The maximum Gasteiger partial charge on any atom is 0.419 e. The van der Waals surface area contributed by atoms with Crippen molar-refractivity contribution in [2.45, 2.75) is 5.92 Å². The molecule has 1 unspecified atom stereocenters. The Morgan fingerprint density at radius 2 is 2.37 bits per heavy atom. The van der Waals surface area contributed by atoms with E-state index in [9.17, 15) is 10.1 Å². The normalized spacial score (nSPS) is 12.4. The molecular weight excluding hydrogens is 244 g/mol. The molecule has 0 aliphatic heterocycles. The lowest BCUT2D eigenvalue weighted by Gasteiger charge is -2.06. The summed E-state index contributed by atoms with van der Waals surface area (Å²) in [6.45, 7) is 0. The second kappa shape index (κ2) is 4.14. The molecule has 2 heterocycles. The fourth-order valence-corrected chi connectivity index (χ4v) is 2.05. The number of aromatic amines is 1. The van der Waals surface area contributed by atoms with Crippen LogP contribution in [0.15, 0.2) is 39.8 Å². The van der Waals surface area contributed by atoms with Gasteiger partial charge in [0.2, 0.25) is 0 Å². The van der Waals surface area contributed by atoms with Gasteiger partial charge in [0, 0.05) is 19.4 Å². The standard InChI is InChI=1S/C13H10N4O2/c1-17-10-6-8(2-3-11(10)19-13(17)18)9(7-14)12-15-4-5-16-12/h2-6,9H,1H3,(H,15,16). The van der Waals surface area contributed by atoms with Gasteiger partial charge in [-0.2, -0.15) is 5.26 Å². The number of hydrogen-bond donors (Lipinski definition) is 1. The molecule has 0 saturated carbocycles. The molecule has 1 atom stereocenters. The van der Waals surface area contributed by atoms with Crippen LogP contribution in [0.3, 0.4) is 0 Å². The summed E-state index contributed by atoms with van der Waals surface area (Å²) >= 11 is 0. The Labute approximate surface area is 107 Å². The quantitative estimate of drug-likeness (QED) is 0.750. The molecule has 0 bridgehead atoms. The molecule has 0 aliphatic rings. The van der Waals surface area contributed by atoms with Gasteiger partial charge in [0.25, 0.3) is 0 Å². The molecule has 3 aromatic rings. The lowest BCUT2D eigenvalue weighted by Crippen LogP contribution is -2.08. The van der Waals surface area contributed by atoms with Crippen molar-refractivity contribution in [1.29, 1.82) is 5.26 Å². The van der Waals surface area contributed by atoms with Crippen LogP contribution in [0.1, 0.15) is 17.3 Å². The molecule has 0 aliphatic carbocycles. The fourth-order valence-electron chi connectivity index (χ4n) is 2.05. The van der Waals surface area contributed by atoms with Gasteiger partial charge in [-0.05, 0) is 17.7 Å². The highest BCUT2D eigenvalue weighted by molar-refractivity contribution is 5.74. The van der Waals surface area contributed by atoms with E-state index in [1.54, 1.807) is 37.6 Å². The van der Waals surface area contributed by atoms with Gasteiger partial charge in [-0.1, -0.05) is 6.07 Å². The van der Waals surface area contributed by atoms with Gasteiger partial charge in [-0.25, -0.2) is 9.78 Å². The number of nitrogens with one attached hydrogen (secondary N) is 1. The third-order valence-electron chi connectivity index (χ3n) is 3.07. The minimum atomic E-state index is -0.496. The van der Waals surface area contributed by atoms with Crippen LogP contribution in [0.25, 0.3) is 11.1 Å². The second-order valence-corrected chi connectivity index (χ2v) is 4.19. The largest absolute Gasteiger partial charge is 0.419 e. The summed E-state index contributed by atoms with van der Waals surface area (Å²) in [5, 5.41) is 9.30. The smallest absolute Gasteiger partial charge is 0.408 e. The van der Waals surface area contributed by atoms with Crippen molar-refractivity contribution in [1.82, 2.24) is 14.5 Å². The molecule has 94 valence electrons. The molecule has 6 nitrogen and oxygen atoms in total. The number of nitrogens with zero attached hydrogens (tertiary/aromatic N) is 3. The van der Waals surface area contributed by atoms with Crippen molar-refractivity contribution >= 4 is 11.1 Å². The van der Waals surface area contributed by atoms with Gasteiger partial charge < -0.3 is 9.40 Å². The molecule has 0 amide bonds. The van der Waals surface area contributed by atoms with Crippen molar-refractivity contribution in [2.24, 2.45) is 7.05 Å². The number of nitriles is 1. The van der Waals surface area contributed by atoms with E-state index in [1.807, 2.05) is 0 Å². The zero-order valence-electron chi connectivity index (χ0n) is 10.1. The number of oxazole rings is 1. The summed E-state index contributed by atoms with van der Waals surface area (Å²) in [6, 6.07) is 7.43. The average Bonchev–Trinajstić information content (AvgIpc) is 3.02. The van der Waals surface area contributed by atoms with Crippen LogP contribution in [0, 0.1) is 11.3 Å². The third-order valence-corrected chi connectivity index (χ3v) is 3.07. The summed E-state index contributed by atoms with van der Waals surface area (Å²) in [6.07, 6.45) is 3.28. The zero-order chi connectivity index (χ0) is 13.4. The van der Waals surface area contributed by atoms with Gasteiger partial charge in [-0.15, -0.1) is 0 Å². The summed E-state index contributed by atoms with van der Waals surface area (Å²) in [5.41, 5.74) is 1.93. The van der Waals surface area contributed by atoms with Gasteiger partial charge in [0.1, 0.15) is 11.7 Å². The lowest BCUT2D eigenvalue weighted by molar-refractivity contribution is 0.528. The number of fused-ring (bicyclic) bond motifs is 1. The molecule has 0 fully saturated rings. The van der Waals surface area contributed by atoms with Crippen molar-refractivity contribution in [3.05, 3.63) is 52.5 Å². The van der Waals surface area contributed by atoms with Gasteiger partial charge in [-0.3, -0.25) is 4.57 Å². The van der Waals surface area contributed by atoms with E-state index in [1.165, 1.54) is 4.57 Å². The molecular formula is C13H10N4O2. The Bertz CT molecular complexity index is 821. The number of imidazole rings is 1.